The Morgan fingerprint density at radius 3 is 3.17 bits per heavy atom. The lowest BCUT2D eigenvalue weighted by atomic mass is 10.2. The van der Waals surface area contributed by atoms with Crippen LogP contribution in [0.4, 0.5) is 0 Å². The van der Waals surface area contributed by atoms with Gasteiger partial charge < -0.3 is 0 Å². The van der Waals surface area contributed by atoms with Crippen molar-refractivity contribution in [1.29, 1.82) is 5.26 Å². The Hall–Kier alpha value is -1.60. The van der Waals surface area contributed by atoms with E-state index in [9.17, 15) is 0 Å². The van der Waals surface area contributed by atoms with Gasteiger partial charge in [-0.15, -0.1) is 11.3 Å². The van der Waals surface area contributed by atoms with Gasteiger partial charge in [0, 0.05) is 16.6 Å². The maximum absolute atomic E-state index is 8.68. The third-order valence-electron chi connectivity index (χ3n) is 1.53. The molecule has 0 saturated carbocycles. The van der Waals surface area contributed by atoms with E-state index in [2.05, 4.69) is 10.2 Å². The number of aromatic amines is 1. The van der Waals surface area contributed by atoms with Gasteiger partial charge in [0.15, 0.2) is 5.69 Å². The van der Waals surface area contributed by atoms with Crippen LogP contribution in [0.3, 0.4) is 0 Å². The minimum Gasteiger partial charge on any atom is -0.284 e. The van der Waals surface area contributed by atoms with Crippen LogP contribution < -0.4 is 0 Å². The SMILES string of the molecule is N#Cc1n[nH]cc1-c1cccs1. The van der Waals surface area contributed by atoms with Crippen molar-refractivity contribution in [2.24, 2.45) is 0 Å². The molecule has 0 unspecified atom stereocenters. The first-order valence-electron chi connectivity index (χ1n) is 3.39. The first-order chi connectivity index (χ1) is 5.92. The van der Waals surface area contributed by atoms with E-state index in [4.69, 9.17) is 5.26 Å². The molecule has 0 aromatic carbocycles. The molecule has 0 fully saturated rings. The quantitative estimate of drug-likeness (QED) is 0.720. The average molecular weight is 175 g/mol. The standard InChI is InChI=1S/C8H5N3S/c9-4-7-6(5-10-11-7)8-2-1-3-12-8/h1-3,5H,(H,10,11). The fourth-order valence-corrected chi connectivity index (χ4v) is 1.74. The number of nitrogens with one attached hydrogen (secondary N) is 1. The summed E-state index contributed by atoms with van der Waals surface area (Å²) in [6, 6.07) is 5.95. The predicted molar refractivity (Wildman–Crippen MR) is 46.6 cm³/mol. The predicted octanol–water partition coefficient (Wildman–Crippen LogP) is 2.01. The second kappa shape index (κ2) is 2.80. The summed E-state index contributed by atoms with van der Waals surface area (Å²) in [5, 5.41) is 17.1. The molecule has 3 nitrogen and oxygen atoms in total. The molecule has 1 N–H and O–H groups in total. The fraction of sp³-hybridized carbons (Fsp3) is 0. The molecule has 2 rings (SSSR count). The van der Waals surface area contributed by atoms with Crippen molar-refractivity contribution in [3.05, 3.63) is 29.4 Å². The molecule has 0 bridgehead atoms. The fourth-order valence-electron chi connectivity index (χ4n) is 0.995. The van der Waals surface area contributed by atoms with Gasteiger partial charge in [-0.2, -0.15) is 10.4 Å². The lowest BCUT2D eigenvalue weighted by Gasteiger charge is -1.87. The largest absolute Gasteiger partial charge is 0.284 e. The Kier molecular flexibility index (Phi) is 1.65. The van der Waals surface area contributed by atoms with E-state index < -0.39 is 0 Å². The molecule has 0 aliphatic rings. The lowest BCUT2D eigenvalue weighted by Crippen LogP contribution is -1.75. The molecular weight excluding hydrogens is 170 g/mol. The molecule has 2 aromatic rings. The van der Waals surface area contributed by atoms with Crippen molar-refractivity contribution in [3.63, 3.8) is 0 Å². The number of rotatable bonds is 1. The number of thiophene rings is 1. The van der Waals surface area contributed by atoms with Crippen LogP contribution in [0.2, 0.25) is 0 Å². The van der Waals surface area contributed by atoms with Crippen molar-refractivity contribution in [1.82, 2.24) is 10.2 Å². The zero-order chi connectivity index (χ0) is 8.39. The van der Waals surface area contributed by atoms with E-state index in [0.717, 1.165) is 10.4 Å². The average Bonchev–Trinajstić information content (AvgIpc) is 2.74. The van der Waals surface area contributed by atoms with Gasteiger partial charge in [-0.1, -0.05) is 6.07 Å². The smallest absolute Gasteiger partial charge is 0.170 e. The van der Waals surface area contributed by atoms with Crippen LogP contribution in [0.1, 0.15) is 5.69 Å². The lowest BCUT2D eigenvalue weighted by molar-refractivity contribution is 1.07. The van der Waals surface area contributed by atoms with Crippen LogP contribution in [0.25, 0.3) is 10.4 Å². The van der Waals surface area contributed by atoms with Crippen LogP contribution in [0.5, 0.6) is 0 Å². The topological polar surface area (TPSA) is 52.5 Å². The molecule has 2 aromatic heterocycles. The van der Waals surface area contributed by atoms with E-state index in [1.54, 1.807) is 17.5 Å². The monoisotopic (exact) mass is 175 g/mol. The molecule has 0 saturated heterocycles. The highest BCUT2D eigenvalue weighted by Crippen LogP contribution is 2.25. The Morgan fingerprint density at radius 1 is 1.58 bits per heavy atom. The first-order valence-corrected chi connectivity index (χ1v) is 4.27. The minimum absolute atomic E-state index is 0.456. The van der Waals surface area contributed by atoms with Crippen molar-refractivity contribution < 1.29 is 0 Å². The summed E-state index contributed by atoms with van der Waals surface area (Å²) in [6.45, 7) is 0. The maximum atomic E-state index is 8.68. The van der Waals surface area contributed by atoms with E-state index in [0.29, 0.717) is 5.69 Å². The van der Waals surface area contributed by atoms with Gasteiger partial charge in [0.25, 0.3) is 0 Å². The van der Waals surface area contributed by atoms with Crippen LogP contribution in [-0.2, 0) is 0 Å². The summed E-state index contributed by atoms with van der Waals surface area (Å²) in [4.78, 5) is 1.07. The van der Waals surface area contributed by atoms with Gasteiger partial charge in [-0.05, 0) is 11.4 Å². The number of aromatic nitrogens is 2. The third kappa shape index (κ3) is 1.00. The van der Waals surface area contributed by atoms with Crippen molar-refractivity contribution in [2.45, 2.75) is 0 Å². The van der Waals surface area contributed by atoms with Crippen LogP contribution in [0, 0.1) is 11.3 Å². The van der Waals surface area contributed by atoms with Crippen LogP contribution in [0.15, 0.2) is 23.7 Å². The van der Waals surface area contributed by atoms with Crippen molar-refractivity contribution in [2.75, 3.05) is 0 Å². The molecule has 0 atom stereocenters. The van der Waals surface area contributed by atoms with E-state index in [-0.39, 0.29) is 0 Å². The summed E-state index contributed by atoms with van der Waals surface area (Å²) in [5.41, 5.74) is 1.34. The zero-order valence-corrected chi connectivity index (χ0v) is 6.93. The molecule has 4 heteroatoms. The van der Waals surface area contributed by atoms with Crippen LogP contribution >= 0.6 is 11.3 Å². The first kappa shape index (κ1) is 7.07. The summed E-state index contributed by atoms with van der Waals surface area (Å²) in [5.74, 6) is 0. The zero-order valence-electron chi connectivity index (χ0n) is 6.11. The molecule has 12 heavy (non-hydrogen) atoms. The third-order valence-corrected chi connectivity index (χ3v) is 2.44. The highest BCUT2D eigenvalue weighted by Gasteiger charge is 2.06. The van der Waals surface area contributed by atoms with Crippen molar-refractivity contribution >= 4 is 11.3 Å². The van der Waals surface area contributed by atoms with E-state index >= 15 is 0 Å². The minimum atomic E-state index is 0.456. The molecule has 0 aliphatic heterocycles. The molecule has 0 amide bonds. The maximum Gasteiger partial charge on any atom is 0.170 e. The van der Waals surface area contributed by atoms with Gasteiger partial charge in [0.1, 0.15) is 6.07 Å². The van der Waals surface area contributed by atoms with Gasteiger partial charge >= 0.3 is 0 Å². The molecule has 58 valence electrons. The van der Waals surface area contributed by atoms with Gasteiger partial charge in [0.05, 0.1) is 0 Å². The second-order valence-electron chi connectivity index (χ2n) is 2.24. The Labute approximate surface area is 73.3 Å². The highest BCUT2D eigenvalue weighted by atomic mass is 32.1. The Bertz CT molecular complexity index is 408. The second-order valence-corrected chi connectivity index (χ2v) is 3.18. The van der Waals surface area contributed by atoms with E-state index in [1.165, 1.54) is 0 Å². The summed E-state index contributed by atoms with van der Waals surface area (Å²) in [7, 11) is 0. The number of nitrogens with zero attached hydrogens (tertiary/aromatic N) is 2. The molecule has 2 heterocycles. The molecule has 0 radical (unpaired) electrons. The van der Waals surface area contributed by atoms with Gasteiger partial charge in [-0.3, -0.25) is 5.10 Å². The molecule has 0 aliphatic carbocycles. The number of nitriles is 1. The Morgan fingerprint density at radius 2 is 2.50 bits per heavy atom. The summed E-state index contributed by atoms with van der Waals surface area (Å²) < 4.78 is 0. The highest BCUT2D eigenvalue weighted by molar-refractivity contribution is 7.13. The summed E-state index contributed by atoms with van der Waals surface area (Å²) >= 11 is 1.60. The van der Waals surface area contributed by atoms with Gasteiger partial charge in [-0.25, -0.2) is 0 Å². The summed E-state index contributed by atoms with van der Waals surface area (Å²) in [6.07, 6.45) is 1.74. The molecular formula is C8H5N3S. The van der Waals surface area contributed by atoms with Crippen LogP contribution in [-0.4, -0.2) is 10.2 Å². The van der Waals surface area contributed by atoms with Crippen molar-refractivity contribution in [3.8, 4) is 16.5 Å². The molecule has 0 spiro atoms. The van der Waals surface area contributed by atoms with Gasteiger partial charge in [0.2, 0.25) is 0 Å². The number of hydrogen-bond acceptors (Lipinski definition) is 3. The van der Waals surface area contributed by atoms with E-state index in [1.807, 2.05) is 23.6 Å². The number of hydrogen-bond donors (Lipinski definition) is 1. The normalized spacial score (nSPS) is 9.58. The Balaban J connectivity index is 2.55. The number of H-pyrrole nitrogens is 1.